The van der Waals surface area contributed by atoms with Crippen molar-refractivity contribution in [2.75, 3.05) is 6.54 Å². The van der Waals surface area contributed by atoms with E-state index in [1.165, 1.54) is 0 Å². The zero-order chi connectivity index (χ0) is 19.1. The zero-order valence-corrected chi connectivity index (χ0v) is 15.2. The minimum atomic E-state index is -0.317. The van der Waals surface area contributed by atoms with Crippen LogP contribution in [0.2, 0.25) is 5.02 Å². The van der Waals surface area contributed by atoms with Gasteiger partial charge in [0.15, 0.2) is 0 Å². The molecule has 136 valence electrons. The van der Waals surface area contributed by atoms with Crippen LogP contribution in [0.25, 0.3) is 11.1 Å². The maximum absolute atomic E-state index is 12.0. The van der Waals surface area contributed by atoms with Crippen LogP contribution in [-0.4, -0.2) is 23.3 Å². The number of benzene rings is 2. The number of halogens is 1. The Labute approximate surface area is 162 Å². The summed E-state index contributed by atoms with van der Waals surface area (Å²) in [4.78, 5) is 28.0. The van der Waals surface area contributed by atoms with E-state index in [0.717, 1.165) is 16.7 Å². The number of pyridine rings is 1. The number of nitrogens with zero attached hydrogens (tertiary/aromatic N) is 1. The summed E-state index contributed by atoms with van der Waals surface area (Å²) in [6.45, 7) is 0.304. The van der Waals surface area contributed by atoms with Gasteiger partial charge in [0.2, 0.25) is 5.91 Å². The summed E-state index contributed by atoms with van der Waals surface area (Å²) in [5.74, 6) is -0.573. The average Bonchev–Trinajstić information content (AvgIpc) is 2.72. The molecule has 2 aromatic carbocycles. The number of rotatable bonds is 6. The summed E-state index contributed by atoms with van der Waals surface area (Å²) < 4.78 is 0. The van der Waals surface area contributed by atoms with Gasteiger partial charge in [0.05, 0.1) is 6.54 Å². The second kappa shape index (κ2) is 8.96. The number of amides is 2. The topological polar surface area (TPSA) is 71.1 Å². The molecule has 1 aromatic heterocycles. The maximum Gasteiger partial charge on any atom is 0.251 e. The quantitative estimate of drug-likeness (QED) is 0.689. The fraction of sp³-hybridized carbons (Fsp3) is 0.0952. The Morgan fingerprint density at radius 2 is 1.63 bits per heavy atom. The molecule has 0 aliphatic carbocycles. The lowest BCUT2D eigenvalue weighted by atomic mass is 10.1. The summed E-state index contributed by atoms with van der Waals surface area (Å²) in [5.41, 5.74) is 3.53. The normalized spacial score (nSPS) is 10.3. The van der Waals surface area contributed by atoms with Crippen LogP contribution in [0.3, 0.4) is 0 Å². The van der Waals surface area contributed by atoms with Crippen LogP contribution in [0.15, 0.2) is 73.1 Å². The number of nitrogens with one attached hydrogen (secondary N) is 2. The van der Waals surface area contributed by atoms with Crippen LogP contribution in [0.5, 0.6) is 0 Å². The highest BCUT2D eigenvalue weighted by atomic mass is 35.5. The lowest BCUT2D eigenvalue weighted by Gasteiger charge is -2.08. The highest BCUT2D eigenvalue weighted by molar-refractivity contribution is 6.30. The highest BCUT2D eigenvalue weighted by Gasteiger charge is 2.08. The smallest absolute Gasteiger partial charge is 0.251 e. The van der Waals surface area contributed by atoms with Crippen molar-refractivity contribution in [1.29, 1.82) is 0 Å². The molecule has 27 heavy (non-hydrogen) atoms. The van der Waals surface area contributed by atoms with Crippen LogP contribution in [-0.2, 0) is 11.3 Å². The lowest BCUT2D eigenvalue weighted by molar-refractivity contribution is -0.120. The fourth-order valence-corrected chi connectivity index (χ4v) is 2.60. The van der Waals surface area contributed by atoms with Gasteiger partial charge in [0.25, 0.3) is 5.91 Å². The van der Waals surface area contributed by atoms with E-state index in [9.17, 15) is 9.59 Å². The molecule has 3 aromatic rings. The molecule has 0 aliphatic rings. The third kappa shape index (κ3) is 5.39. The Morgan fingerprint density at radius 3 is 2.30 bits per heavy atom. The van der Waals surface area contributed by atoms with Gasteiger partial charge in [-0.05, 0) is 47.0 Å². The second-order valence-corrected chi connectivity index (χ2v) is 6.34. The van der Waals surface area contributed by atoms with Crippen molar-refractivity contribution in [1.82, 2.24) is 15.6 Å². The van der Waals surface area contributed by atoms with Crippen molar-refractivity contribution in [2.24, 2.45) is 0 Å². The first-order valence-electron chi connectivity index (χ1n) is 8.41. The largest absolute Gasteiger partial charge is 0.350 e. The number of hydrogen-bond acceptors (Lipinski definition) is 3. The van der Waals surface area contributed by atoms with E-state index in [2.05, 4.69) is 15.6 Å². The van der Waals surface area contributed by atoms with Crippen molar-refractivity contribution >= 4 is 23.4 Å². The van der Waals surface area contributed by atoms with Gasteiger partial charge in [-0.25, -0.2) is 0 Å². The van der Waals surface area contributed by atoms with E-state index in [1.807, 2.05) is 36.4 Å². The average molecular weight is 380 g/mol. The number of hydrogen-bond donors (Lipinski definition) is 2. The monoisotopic (exact) mass is 379 g/mol. The van der Waals surface area contributed by atoms with Gasteiger partial charge in [0.1, 0.15) is 0 Å². The van der Waals surface area contributed by atoms with Crippen LogP contribution >= 0.6 is 11.6 Å². The Bertz CT molecular complexity index is 910. The van der Waals surface area contributed by atoms with Crippen molar-refractivity contribution in [3.05, 3.63) is 89.2 Å². The summed E-state index contributed by atoms with van der Waals surface area (Å²) in [5, 5.41) is 5.93. The molecule has 0 radical (unpaired) electrons. The predicted octanol–water partition coefficient (Wildman–Crippen LogP) is 3.45. The van der Waals surface area contributed by atoms with E-state index in [1.54, 1.807) is 36.7 Å². The molecule has 0 bridgehead atoms. The van der Waals surface area contributed by atoms with E-state index in [4.69, 9.17) is 11.6 Å². The Hall–Kier alpha value is -3.18. The third-order valence-corrected chi connectivity index (χ3v) is 4.21. The van der Waals surface area contributed by atoms with Gasteiger partial charge >= 0.3 is 0 Å². The molecule has 2 amide bonds. The van der Waals surface area contributed by atoms with Gasteiger partial charge in [-0.2, -0.15) is 0 Å². The molecule has 3 rings (SSSR count). The third-order valence-electron chi connectivity index (χ3n) is 3.95. The van der Waals surface area contributed by atoms with Gasteiger partial charge in [-0.1, -0.05) is 41.9 Å². The molecule has 2 N–H and O–H groups in total. The molecule has 0 saturated carbocycles. The standard InChI is InChI=1S/C21H18ClN3O2/c22-19-9-7-17(8-10-19)21(27)25-14-20(26)24-12-15-3-5-16(6-4-15)18-2-1-11-23-13-18/h1-11,13H,12,14H2,(H,24,26)(H,25,27). The van der Waals surface area contributed by atoms with Crippen molar-refractivity contribution in [2.45, 2.75) is 6.54 Å². The molecule has 0 aliphatic heterocycles. The highest BCUT2D eigenvalue weighted by Crippen LogP contribution is 2.18. The summed E-state index contributed by atoms with van der Waals surface area (Å²) in [6, 6.07) is 18.2. The van der Waals surface area contributed by atoms with Gasteiger partial charge in [0, 0.05) is 29.5 Å². The van der Waals surface area contributed by atoms with Gasteiger partial charge in [-0.15, -0.1) is 0 Å². The molecule has 1 heterocycles. The van der Waals surface area contributed by atoms with Crippen LogP contribution < -0.4 is 10.6 Å². The van der Waals surface area contributed by atoms with E-state index in [0.29, 0.717) is 17.1 Å². The summed E-state index contributed by atoms with van der Waals surface area (Å²) in [6.07, 6.45) is 3.54. The molecule has 5 nitrogen and oxygen atoms in total. The van der Waals surface area contributed by atoms with Crippen molar-refractivity contribution < 1.29 is 9.59 Å². The first-order valence-corrected chi connectivity index (χ1v) is 8.79. The molecule has 0 saturated heterocycles. The zero-order valence-electron chi connectivity index (χ0n) is 14.5. The van der Waals surface area contributed by atoms with E-state index >= 15 is 0 Å². The molecule has 0 atom stereocenters. The number of carbonyl (C=O) groups is 2. The van der Waals surface area contributed by atoms with Crippen LogP contribution in [0.4, 0.5) is 0 Å². The van der Waals surface area contributed by atoms with Gasteiger partial charge < -0.3 is 10.6 Å². The van der Waals surface area contributed by atoms with E-state index < -0.39 is 0 Å². The lowest BCUT2D eigenvalue weighted by Crippen LogP contribution is -2.36. The van der Waals surface area contributed by atoms with Crippen molar-refractivity contribution in [3.8, 4) is 11.1 Å². The summed E-state index contributed by atoms with van der Waals surface area (Å²) in [7, 11) is 0. The molecular formula is C21H18ClN3O2. The maximum atomic E-state index is 12.0. The SMILES string of the molecule is O=C(CNC(=O)c1ccc(Cl)cc1)NCc1ccc(-c2cccnc2)cc1. The molecule has 0 fully saturated rings. The van der Waals surface area contributed by atoms with E-state index in [-0.39, 0.29) is 18.4 Å². The predicted molar refractivity (Wildman–Crippen MR) is 105 cm³/mol. The van der Waals surface area contributed by atoms with Crippen molar-refractivity contribution in [3.63, 3.8) is 0 Å². The Morgan fingerprint density at radius 1 is 0.889 bits per heavy atom. The minimum Gasteiger partial charge on any atom is -0.350 e. The number of aromatic nitrogens is 1. The molecule has 6 heteroatoms. The Balaban J connectivity index is 1.46. The molecule has 0 spiro atoms. The van der Waals surface area contributed by atoms with Crippen LogP contribution in [0.1, 0.15) is 15.9 Å². The van der Waals surface area contributed by atoms with Gasteiger partial charge in [-0.3, -0.25) is 14.6 Å². The molecule has 0 unspecified atom stereocenters. The fourth-order valence-electron chi connectivity index (χ4n) is 2.48. The molecular weight excluding hydrogens is 362 g/mol. The second-order valence-electron chi connectivity index (χ2n) is 5.90. The summed E-state index contributed by atoms with van der Waals surface area (Å²) >= 11 is 5.79. The van der Waals surface area contributed by atoms with Crippen LogP contribution in [0, 0.1) is 0 Å². The Kier molecular flexibility index (Phi) is 6.18. The minimum absolute atomic E-state index is 0.0881. The number of carbonyl (C=O) groups excluding carboxylic acids is 2. The first-order chi connectivity index (χ1) is 13.1. The first kappa shape index (κ1) is 18.6.